The first-order chi connectivity index (χ1) is 12.7. The van der Waals surface area contributed by atoms with Crippen LogP contribution in [0, 0.1) is 0 Å². The summed E-state index contributed by atoms with van der Waals surface area (Å²) in [7, 11) is 0. The van der Waals surface area contributed by atoms with Crippen LogP contribution in [0.15, 0.2) is 47.4 Å². The predicted molar refractivity (Wildman–Crippen MR) is 113 cm³/mol. The Hall–Kier alpha value is -1.91. The number of nitrogens with zero attached hydrogens (tertiary/aromatic N) is 2. The first-order valence-electron chi connectivity index (χ1n) is 9.61. The number of fused-ring (bicyclic) bond motifs is 1. The topological polar surface area (TPSA) is 25.2 Å². The molecule has 3 nitrogen and oxygen atoms in total. The first kappa shape index (κ1) is 18.9. The number of pyridine rings is 1. The van der Waals surface area contributed by atoms with Crippen LogP contribution >= 0.6 is 11.3 Å². The smallest absolute Gasteiger partial charge is 0.259 e. The molecule has 0 bridgehead atoms. The highest BCUT2D eigenvalue weighted by Crippen LogP contribution is 2.33. The number of hydrogen-bond acceptors (Lipinski definition) is 3. The molecular weight excluding hydrogens is 340 g/mol. The normalized spacial score (nSPS) is 11.5. The van der Waals surface area contributed by atoms with E-state index in [9.17, 15) is 4.79 Å². The molecular formula is C22H28N2OS. The first-order valence-corrected chi connectivity index (χ1v) is 10.4. The number of rotatable bonds is 8. The van der Waals surface area contributed by atoms with Crippen LogP contribution in [-0.4, -0.2) is 22.6 Å². The summed E-state index contributed by atoms with van der Waals surface area (Å²) in [6.45, 7) is 10.3. The van der Waals surface area contributed by atoms with E-state index in [1.54, 1.807) is 11.3 Å². The summed E-state index contributed by atoms with van der Waals surface area (Å²) in [6.07, 6.45) is 4.34. The maximum Gasteiger partial charge on any atom is 0.259 e. The molecule has 2 heterocycles. The lowest BCUT2D eigenvalue weighted by Crippen LogP contribution is -2.24. The number of hydrogen-bond donors (Lipinski definition) is 0. The fraction of sp³-hybridized carbons (Fsp3) is 0.409. The Bertz CT molecular complexity index is 905. The van der Waals surface area contributed by atoms with Crippen LogP contribution in [0.4, 0.5) is 0 Å². The number of aromatic nitrogens is 1. The third kappa shape index (κ3) is 3.92. The zero-order valence-corrected chi connectivity index (χ0v) is 16.8. The molecule has 0 aliphatic rings. The zero-order chi connectivity index (χ0) is 18.5. The molecule has 2 aromatic heterocycles. The van der Waals surface area contributed by atoms with Crippen LogP contribution in [0.2, 0.25) is 0 Å². The van der Waals surface area contributed by atoms with Crippen molar-refractivity contribution < 1.29 is 0 Å². The molecule has 0 aliphatic carbocycles. The molecule has 0 spiro atoms. The van der Waals surface area contributed by atoms with Crippen molar-refractivity contribution in [3.05, 3.63) is 57.8 Å². The minimum absolute atomic E-state index is 0.127. The Kier molecular flexibility index (Phi) is 6.28. The quantitative estimate of drug-likeness (QED) is 0.534. The zero-order valence-electron chi connectivity index (χ0n) is 16.0. The molecule has 0 saturated heterocycles. The molecule has 3 rings (SSSR count). The SMILES string of the molecule is CCCN(CCC)Cc1cc2c(=O)n(CC)cc(-c3ccccc3)c2s1. The average molecular weight is 369 g/mol. The van der Waals surface area contributed by atoms with E-state index in [4.69, 9.17) is 0 Å². The standard InChI is InChI=1S/C22H28N2OS/c1-4-12-23(13-5-2)15-18-14-19-21(26-18)20(16-24(6-3)22(19)25)17-10-8-7-9-11-17/h7-11,14,16H,4-6,12-13,15H2,1-3H3. The number of benzene rings is 1. The van der Waals surface area contributed by atoms with Crippen molar-refractivity contribution in [3.63, 3.8) is 0 Å². The lowest BCUT2D eigenvalue weighted by molar-refractivity contribution is 0.269. The van der Waals surface area contributed by atoms with Gasteiger partial charge in [0.25, 0.3) is 5.56 Å². The van der Waals surface area contributed by atoms with Gasteiger partial charge in [0.1, 0.15) is 0 Å². The van der Waals surface area contributed by atoms with E-state index < -0.39 is 0 Å². The van der Waals surface area contributed by atoms with Crippen molar-refractivity contribution in [2.45, 2.75) is 46.7 Å². The lowest BCUT2D eigenvalue weighted by atomic mass is 10.1. The van der Waals surface area contributed by atoms with E-state index in [1.165, 1.54) is 10.4 Å². The summed E-state index contributed by atoms with van der Waals surface area (Å²) in [5.74, 6) is 0. The molecule has 3 aromatic rings. The van der Waals surface area contributed by atoms with Crippen LogP contribution in [0.3, 0.4) is 0 Å². The van der Waals surface area contributed by atoms with Gasteiger partial charge in [0.2, 0.25) is 0 Å². The Morgan fingerprint density at radius 2 is 1.73 bits per heavy atom. The van der Waals surface area contributed by atoms with Crippen LogP contribution < -0.4 is 5.56 Å². The summed E-state index contributed by atoms with van der Waals surface area (Å²) >= 11 is 1.78. The van der Waals surface area contributed by atoms with E-state index in [0.717, 1.165) is 48.1 Å². The van der Waals surface area contributed by atoms with E-state index in [-0.39, 0.29) is 5.56 Å². The van der Waals surface area contributed by atoms with Gasteiger partial charge < -0.3 is 4.57 Å². The summed E-state index contributed by atoms with van der Waals surface area (Å²) in [5, 5.41) is 0.862. The molecule has 26 heavy (non-hydrogen) atoms. The Labute approximate surface area is 159 Å². The fourth-order valence-electron chi connectivity index (χ4n) is 3.49. The van der Waals surface area contributed by atoms with Crippen molar-refractivity contribution in [2.24, 2.45) is 0 Å². The lowest BCUT2D eigenvalue weighted by Gasteiger charge is -2.19. The maximum atomic E-state index is 12.8. The average Bonchev–Trinajstić information content (AvgIpc) is 3.07. The van der Waals surface area contributed by atoms with Crippen molar-refractivity contribution in [1.29, 1.82) is 0 Å². The maximum absolute atomic E-state index is 12.8. The van der Waals surface area contributed by atoms with Crippen LogP contribution in [-0.2, 0) is 13.1 Å². The van der Waals surface area contributed by atoms with Crippen LogP contribution in [0.1, 0.15) is 38.5 Å². The van der Waals surface area contributed by atoms with E-state index >= 15 is 0 Å². The Balaban J connectivity index is 2.09. The number of aryl methyl sites for hydroxylation is 1. The minimum atomic E-state index is 0.127. The molecule has 0 fully saturated rings. The van der Waals surface area contributed by atoms with E-state index in [1.807, 2.05) is 23.8 Å². The van der Waals surface area contributed by atoms with Crippen molar-refractivity contribution in [1.82, 2.24) is 9.47 Å². The number of thiophene rings is 1. The summed E-state index contributed by atoms with van der Waals surface area (Å²) in [6, 6.07) is 12.5. The summed E-state index contributed by atoms with van der Waals surface area (Å²) in [5.41, 5.74) is 2.46. The fourth-order valence-corrected chi connectivity index (χ4v) is 4.71. The monoisotopic (exact) mass is 368 g/mol. The molecule has 0 atom stereocenters. The second-order valence-electron chi connectivity index (χ2n) is 6.73. The molecule has 1 aromatic carbocycles. The largest absolute Gasteiger partial charge is 0.315 e. The second-order valence-corrected chi connectivity index (χ2v) is 7.87. The highest BCUT2D eigenvalue weighted by atomic mass is 32.1. The van der Waals surface area contributed by atoms with Gasteiger partial charge in [-0.2, -0.15) is 0 Å². The molecule has 0 N–H and O–H groups in total. The third-order valence-corrected chi connectivity index (χ3v) is 5.84. The predicted octanol–water partition coefficient (Wildman–Crippen LogP) is 5.37. The molecule has 0 saturated carbocycles. The van der Waals surface area contributed by atoms with Gasteiger partial charge >= 0.3 is 0 Å². The van der Waals surface area contributed by atoms with E-state index in [0.29, 0.717) is 6.54 Å². The van der Waals surface area contributed by atoms with Gasteiger partial charge in [-0.25, -0.2) is 0 Å². The molecule has 138 valence electrons. The molecule has 4 heteroatoms. The Morgan fingerprint density at radius 1 is 1.04 bits per heavy atom. The highest BCUT2D eigenvalue weighted by Gasteiger charge is 2.15. The van der Waals surface area contributed by atoms with Gasteiger partial charge in [-0.05, 0) is 44.5 Å². The minimum Gasteiger partial charge on any atom is -0.315 e. The summed E-state index contributed by atoms with van der Waals surface area (Å²) in [4.78, 5) is 16.6. The van der Waals surface area contributed by atoms with E-state index in [2.05, 4.69) is 49.1 Å². The van der Waals surface area contributed by atoms with Gasteiger partial charge in [-0.15, -0.1) is 11.3 Å². The summed E-state index contributed by atoms with van der Waals surface area (Å²) < 4.78 is 2.95. The van der Waals surface area contributed by atoms with Crippen molar-refractivity contribution in [3.8, 4) is 11.1 Å². The molecule has 0 aliphatic heterocycles. The van der Waals surface area contributed by atoms with Crippen molar-refractivity contribution >= 4 is 21.4 Å². The Morgan fingerprint density at radius 3 is 2.35 bits per heavy atom. The molecule has 0 radical (unpaired) electrons. The van der Waals surface area contributed by atoms with Crippen LogP contribution in [0.25, 0.3) is 21.2 Å². The van der Waals surface area contributed by atoms with Crippen molar-refractivity contribution in [2.75, 3.05) is 13.1 Å². The third-order valence-electron chi connectivity index (χ3n) is 4.69. The van der Waals surface area contributed by atoms with Crippen LogP contribution in [0.5, 0.6) is 0 Å². The molecule has 0 amide bonds. The highest BCUT2D eigenvalue weighted by molar-refractivity contribution is 7.19. The molecule has 0 unspecified atom stereocenters. The van der Waals surface area contributed by atoms with Gasteiger partial charge in [0.15, 0.2) is 0 Å². The van der Waals surface area contributed by atoms with Gasteiger partial charge in [0.05, 0.1) is 5.39 Å². The van der Waals surface area contributed by atoms with Gasteiger partial charge in [-0.1, -0.05) is 44.2 Å². The second kappa shape index (κ2) is 8.65. The van der Waals surface area contributed by atoms with Gasteiger partial charge in [0, 0.05) is 34.4 Å². The van der Waals surface area contributed by atoms with Gasteiger partial charge in [-0.3, -0.25) is 9.69 Å².